The summed E-state index contributed by atoms with van der Waals surface area (Å²) < 4.78 is 26.9. The molecule has 110 valence electrons. The van der Waals surface area contributed by atoms with Gasteiger partial charge in [0.1, 0.15) is 0 Å². The zero-order valence-corrected chi connectivity index (χ0v) is 13.9. The third kappa shape index (κ3) is 4.39. The van der Waals surface area contributed by atoms with E-state index in [0.29, 0.717) is 24.0 Å². The van der Waals surface area contributed by atoms with Gasteiger partial charge in [0.15, 0.2) is 0 Å². The number of hydrogen-bond acceptors (Lipinski definition) is 5. The van der Waals surface area contributed by atoms with Crippen molar-refractivity contribution in [3.63, 3.8) is 0 Å². The molecule has 0 unspecified atom stereocenters. The van der Waals surface area contributed by atoms with Crippen LogP contribution in [0.5, 0.6) is 0 Å². The van der Waals surface area contributed by atoms with Crippen LogP contribution in [0.1, 0.15) is 24.3 Å². The predicted octanol–water partition coefficient (Wildman–Crippen LogP) is 2.79. The second-order valence-electron chi connectivity index (χ2n) is 4.74. The Bertz CT molecular complexity index is 630. The fourth-order valence-electron chi connectivity index (χ4n) is 1.55. The van der Waals surface area contributed by atoms with Gasteiger partial charge in [-0.1, -0.05) is 13.8 Å². The number of rotatable bonds is 7. The lowest BCUT2D eigenvalue weighted by molar-refractivity contribution is 0.581. The monoisotopic (exact) mass is 330 g/mol. The smallest absolute Gasteiger partial charge is 0.241 e. The molecule has 4 nitrogen and oxygen atoms in total. The maximum atomic E-state index is 12.2. The maximum absolute atomic E-state index is 12.2. The van der Waals surface area contributed by atoms with E-state index in [1.807, 2.05) is 16.8 Å². The zero-order valence-electron chi connectivity index (χ0n) is 11.4. The average molecular weight is 330 g/mol. The number of nitrogens with one attached hydrogen (secondary N) is 2. The van der Waals surface area contributed by atoms with Crippen molar-refractivity contribution in [1.29, 1.82) is 0 Å². The molecule has 0 aliphatic carbocycles. The summed E-state index contributed by atoms with van der Waals surface area (Å²) in [5.41, 5.74) is 0.982. The third-order valence-electron chi connectivity index (χ3n) is 2.67. The minimum Gasteiger partial charge on any atom is -0.310 e. The molecule has 2 heterocycles. The van der Waals surface area contributed by atoms with Crippen LogP contribution in [-0.4, -0.2) is 14.5 Å². The van der Waals surface area contributed by atoms with Gasteiger partial charge in [0.05, 0.1) is 4.90 Å². The summed E-state index contributed by atoms with van der Waals surface area (Å²) in [5, 5.41) is 8.84. The molecule has 2 N–H and O–H groups in total. The summed E-state index contributed by atoms with van der Waals surface area (Å²) in [7, 11) is -3.42. The van der Waals surface area contributed by atoms with E-state index < -0.39 is 10.0 Å². The fraction of sp³-hybridized carbons (Fsp3) is 0.385. The van der Waals surface area contributed by atoms with Crippen molar-refractivity contribution in [2.75, 3.05) is 0 Å². The summed E-state index contributed by atoms with van der Waals surface area (Å²) in [5.74, 6) is 0. The number of sulfonamides is 1. The van der Waals surface area contributed by atoms with Gasteiger partial charge in [0.2, 0.25) is 10.0 Å². The minimum absolute atomic E-state index is 0.335. The van der Waals surface area contributed by atoms with Crippen LogP contribution in [0.3, 0.4) is 0 Å². The van der Waals surface area contributed by atoms with Gasteiger partial charge < -0.3 is 5.32 Å². The second kappa shape index (κ2) is 6.82. The molecule has 0 spiro atoms. The van der Waals surface area contributed by atoms with Crippen LogP contribution < -0.4 is 10.0 Å². The van der Waals surface area contributed by atoms with Gasteiger partial charge in [-0.3, -0.25) is 0 Å². The normalized spacial score (nSPS) is 12.2. The molecular weight excluding hydrogens is 312 g/mol. The highest BCUT2D eigenvalue weighted by molar-refractivity contribution is 7.89. The van der Waals surface area contributed by atoms with Gasteiger partial charge in [-0.15, -0.1) is 11.3 Å². The van der Waals surface area contributed by atoms with Crippen molar-refractivity contribution < 1.29 is 8.42 Å². The van der Waals surface area contributed by atoms with Crippen LogP contribution >= 0.6 is 22.7 Å². The molecule has 0 radical (unpaired) electrons. The molecule has 0 bridgehead atoms. The first-order valence-electron chi connectivity index (χ1n) is 6.29. The second-order valence-corrected chi connectivity index (χ2v) is 8.28. The van der Waals surface area contributed by atoms with Crippen molar-refractivity contribution in [1.82, 2.24) is 10.0 Å². The van der Waals surface area contributed by atoms with E-state index in [1.54, 1.807) is 22.8 Å². The minimum atomic E-state index is -3.42. The third-order valence-corrected chi connectivity index (χ3v) is 5.87. The van der Waals surface area contributed by atoms with E-state index in [2.05, 4.69) is 23.9 Å². The van der Waals surface area contributed by atoms with Gasteiger partial charge >= 0.3 is 0 Å². The van der Waals surface area contributed by atoms with Crippen LogP contribution in [-0.2, 0) is 23.1 Å². The van der Waals surface area contributed by atoms with Gasteiger partial charge in [-0.25, -0.2) is 13.1 Å². The van der Waals surface area contributed by atoms with E-state index in [0.717, 1.165) is 10.4 Å². The molecule has 2 aromatic heterocycles. The van der Waals surface area contributed by atoms with Crippen LogP contribution in [0.15, 0.2) is 33.2 Å². The average Bonchev–Trinajstić information content (AvgIpc) is 3.05. The molecule has 2 rings (SSSR count). The largest absolute Gasteiger partial charge is 0.310 e. The van der Waals surface area contributed by atoms with Gasteiger partial charge in [-0.2, -0.15) is 11.3 Å². The van der Waals surface area contributed by atoms with E-state index >= 15 is 0 Å². The van der Waals surface area contributed by atoms with Crippen molar-refractivity contribution in [2.24, 2.45) is 0 Å². The van der Waals surface area contributed by atoms with Crippen molar-refractivity contribution in [3.05, 3.63) is 38.7 Å². The van der Waals surface area contributed by atoms with Crippen LogP contribution in [0.25, 0.3) is 0 Å². The molecule has 0 atom stereocenters. The quantitative estimate of drug-likeness (QED) is 0.821. The summed E-state index contributed by atoms with van der Waals surface area (Å²) in [4.78, 5) is 1.37. The van der Waals surface area contributed by atoms with Crippen LogP contribution in [0, 0.1) is 0 Å². The van der Waals surface area contributed by atoms with Gasteiger partial charge in [0, 0.05) is 29.4 Å². The first-order chi connectivity index (χ1) is 9.47. The topological polar surface area (TPSA) is 58.2 Å². The molecule has 0 saturated heterocycles. The molecule has 0 saturated carbocycles. The van der Waals surface area contributed by atoms with E-state index in [9.17, 15) is 8.42 Å². The molecule has 20 heavy (non-hydrogen) atoms. The van der Waals surface area contributed by atoms with Crippen LogP contribution in [0.4, 0.5) is 0 Å². The van der Waals surface area contributed by atoms with Crippen molar-refractivity contribution in [2.45, 2.75) is 37.9 Å². The molecule has 0 aromatic carbocycles. The van der Waals surface area contributed by atoms with E-state index in [4.69, 9.17) is 0 Å². The zero-order chi connectivity index (χ0) is 14.6. The van der Waals surface area contributed by atoms with Gasteiger partial charge in [-0.05, 0) is 28.5 Å². The summed E-state index contributed by atoms with van der Waals surface area (Å²) in [6.07, 6.45) is 0. The summed E-state index contributed by atoms with van der Waals surface area (Å²) in [6.45, 7) is 5.16. The highest BCUT2D eigenvalue weighted by Crippen LogP contribution is 2.19. The molecule has 7 heteroatoms. The Hall–Kier alpha value is -0.730. The standard InChI is InChI=1S/C13H18N2O2S3/c1-10(2)14-7-12-5-13(9-19-12)20(16,17)15-6-11-3-4-18-8-11/h3-5,8-10,14-15H,6-7H2,1-2H3. The Morgan fingerprint density at radius 2 is 2.05 bits per heavy atom. The highest BCUT2D eigenvalue weighted by Gasteiger charge is 2.16. The molecule has 0 amide bonds. The van der Waals surface area contributed by atoms with Crippen LogP contribution in [0.2, 0.25) is 0 Å². The Morgan fingerprint density at radius 3 is 2.70 bits per heavy atom. The lowest BCUT2D eigenvalue weighted by Crippen LogP contribution is -2.23. The van der Waals surface area contributed by atoms with E-state index in [1.165, 1.54) is 11.3 Å². The highest BCUT2D eigenvalue weighted by atomic mass is 32.2. The number of thiophene rings is 2. The molecular formula is C13H18N2O2S3. The molecule has 0 fully saturated rings. The van der Waals surface area contributed by atoms with Crippen molar-refractivity contribution >= 4 is 32.7 Å². The molecule has 2 aromatic rings. The maximum Gasteiger partial charge on any atom is 0.241 e. The predicted molar refractivity (Wildman–Crippen MR) is 84.6 cm³/mol. The van der Waals surface area contributed by atoms with E-state index in [-0.39, 0.29) is 0 Å². The molecule has 0 aliphatic rings. The van der Waals surface area contributed by atoms with Gasteiger partial charge in [0.25, 0.3) is 0 Å². The lowest BCUT2D eigenvalue weighted by Gasteiger charge is -2.05. The Morgan fingerprint density at radius 1 is 1.25 bits per heavy atom. The summed E-state index contributed by atoms with van der Waals surface area (Å²) >= 11 is 3.02. The van der Waals surface area contributed by atoms with Crippen molar-refractivity contribution in [3.8, 4) is 0 Å². The Balaban J connectivity index is 1.98. The first-order valence-corrected chi connectivity index (χ1v) is 9.59. The summed E-state index contributed by atoms with van der Waals surface area (Å²) in [6, 6.07) is 4.03. The lowest BCUT2D eigenvalue weighted by atomic mass is 10.4. The first kappa shape index (κ1) is 15.7. The molecule has 0 aliphatic heterocycles. The number of hydrogen-bond donors (Lipinski definition) is 2. The fourth-order valence-corrected chi connectivity index (χ4v) is 4.47. The SMILES string of the molecule is CC(C)NCc1cc(S(=O)(=O)NCc2ccsc2)cs1. The Labute approximate surface area is 127 Å². The Kier molecular flexibility index (Phi) is 5.34.